The second-order valence-corrected chi connectivity index (χ2v) is 6.31. The summed E-state index contributed by atoms with van der Waals surface area (Å²) in [5, 5.41) is 2.96. The Labute approximate surface area is 153 Å². The van der Waals surface area contributed by atoms with Crippen molar-refractivity contribution in [2.24, 2.45) is 0 Å². The third-order valence-corrected chi connectivity index (χ3v) is 4.40. The Kier molecular flexibility index (Phi) is 6.02. The first kappa shape index (κ1) is 18.1. The minimum Gasteiger partial charge on any atom is -0.378 e. The second kappa shape index (κ2) is 8.63. The molecular formula is C21H23FN2O2. The zero-order chi connectivity index (χ0) is 18.4. The van der Waals surface area contributed by atoms with E-state index in [1.165, 1.54) is 18.2 Å². The van der Waals surface area contributed by atoms with Crippen LogP contribution >= 0.6 is 0 Å². The van der Waals surface area contributed by atoms with E-state index in [9.17, 15) is 9.18 Å². The Balaban J connectivity index is 1.61. The summed E-state index contributed by atoms with van der Waals surface area (Å²) in [7, 11) is 0. The lowest BCUT2D eigenvalue weighted by molar-refractivity contribution is -0.117. The fourth-order valence-electron chi connectivity index (χ4n) is 2.90. The Morgan fingerprint density at radius 1 is 1.19 bits per heavy atom. The molecule has 26 heavy (non-hydrogen) atoms. The van der Waals surface area contributed by atoms with Gasteiger partial charge in [0.15, 0.2) is 0 Å². The van der Waals surface area contributed by atoms with Crippen molar-refractivity contribution in [3.05, 3.63) is 71.6 Å². The van der Waals surface area contributed by atoms with Crippen LogP contribution in [0, 0.1) is 5.82 Å². The van der Waals surface area contributed by atoms with E-state index < -0.39 is 0 Å². The number of halogens is 1. The summed E-state index contributed by atoms with van der Waals surface area (Å²) in [6.07, 6.45) is 3.14. The van der Waals surface area contributed by atoms with Crippen LogP contribution in [-0.2, 0) is 9.53 Å². The van der Waals surface area contributed by atoms with Gasteiger partial charge in [0.2, 0.25) is 5.91 Å². The maximum Gasteiger partial charge on any atom is 0.244 e. The molecule has 0 aliphatic carbocycles. The smallest absolute Gasteiger partial charge is 0.244 e. The molecule has 1 N–H and O–H groups in total. The van der Waals surface area contributed by atoms with Crippen molar-refractivity contribution in [2.75, 3.05) is 31.2 Å². The van der Waals surface area contributed by atoms with Gasteiger partial charge >= 0.3 is 0 Å². The molecule has 1 heterocycles. The van der Waals surface area contributed by atoms with Crippen LogP contribution < -0.4 is 10.2 Å². The molecule has 1 unspecified atom stereocenters. The molecule has 2 aromatic carbocycles. The highest BCUT2D eigenvalue weighted by atomic mass is 19.1. The van der Waals surface area contributed by atoms with Crippen LogP contribution in [0.25, 0.3) is 6.08 Å². The van der Waals surface area contributed by atoms with Gasteiger partial charge in [-0.3, -0.25) is 4.79 Å². The van der Waals surface area contributed by atoms with E-state index in [1.807, 2.05) is 19.1 Å². The van der Waals surface area contributed by atoms with Crippen molar-refractivity contribution >= 4 is 17.7 Å². The van der Waals surface area contributed by atoms with Gasteiger partial charge in [-0.25, -0.2) is 4.39 Å². The Morgan fingerprint density at radius 2 is 1.92 bits per heavy atom. The molecule has 3 rings (SSSR count). The predicted octanol–water partition coefficient (Wildman–Crippen LogP) is 3.55. The van der Waals surface area contributed by atoms with Crippen molar-refractivity contribution in [3.8, 4) is 0 Å². The van der Waals surface area contributed by atoms with Gasteiger partial charge in [0, 0.05) is 24.9 Å². The number of benzene rings is 2. The van der Waals surface area contributed by atoms with Crippen LogP contribution in [0.4, 0.5) is 10.1 Å². The third-order valence-electron chi connectivity index (χ3n) is 4.40. The average Bonchev–Trinajstić information content (AvgIpc) is 2.68. The first-order chi connectivity index (χ1) is 12.6. The third kappa shape index (κ3) is 4.92. The molecule has 1 saturated heterocycles. The number of carbonyl (C=O) groups excluding carboxylic acids is 1. The predicted molar refractivity (Wildman–Crippen MR) is 101 cm³/mol. The highest BCUT2D eigenvalue weighted by Gasteiger charge is 2.13. The minimum atomic E-state index is -0.291. The highest BCUT2D eigenvalue weighted by molar-refractivity contribution is 5.92. The molecule has 0 spiro atoms. The number of hydrogen-bond acceptors (Lipinski definition) is 3. The summed E-state index contributed by atoms with van der Waals surface area (Å²) in [5.74, 6) is -0.473. The first-order valence-electron chi connectivity index (χ1n) is 8.78. The summed E-state index contributed by atoms with van der Waals surface area (Å²) in [4.78, 5) is 14.4. The zero-order valence-corrected chi connectivity index (χ0v) is 14.8. The number of nitrogens with one attached hydrogen (secondary N) is 1. The van der Waals surface area contributed by atoms with Crippen LogP contribution in [-0.4, -0.2) is 32.2 Å². The maximum atomic E-state index is 12.9. The lowest BCUT2D eigenvalue weighted by atomic mass is 10.1. The van der Waals surface area contributed by atoms with Crippen LogP contribution in [0.1, 0.15) is 24.1 Å². The standard InChI is InChI=1S/C21H23FN2O2/c1-16(23-21(25)10-7-17-5-8-19(22)9-6-17)18-3-2-4-20(15-18)24-11-13-26-14-12-24/h2-10,15-16H,11-14H2,1H3,(H,23,25). The Bertz CT molecular complexity index is 768. The van der Waals surface area contributed by atoms with E-state index in [2.05, 4.69) is 22.3 Å². The molecule has 1 amide bonds. The number of rotatable bonds is 5. The summed E-state index contributed by atoms with van der Waals surface area (Å²) in [5.41, 5.74) is 2.98. The molecule has 136 valence electrons. The van der Waals surface area contributed by atoms with Gasteiger partial charge in [0.05, 0.1) is 19.3 Å². The average molecular weight is 354 g/mol. The Morgan fingerprint density at radius 3 is 2.65 bits per heavy atom. The topological polar surface area (TPSA) is 41.6 Å². The normalized spacial score (nSPS) is 15.8. The molecule has 0 radical (unpaired) electrons. The second-order valence-electron chi connectivity index (χ2n) is 6.31. The van der Waals surface area contributed by atoms with E-state index in [4.69, 9.17) is 4.74 Å². The molecule has 0 bridgehead atoms. The fraction of sp³-hybridized carbons (Fsp3) is 0.286. The number of hydrogen-bond donors (Lipinski definition) is 1. The number of amides is 1. The molecular weight excluding hydrogens is 331 g/mol. The molecule has 1 fully saturated rings. The number of morpholine rings is 1. The molecule has 1 aliphatic heterocycles. The first-order valence-corrected chi connectivity index (χ1v) is 8.78. The lowest BCUT2D eigenvalue weighted by Gasteiger charge is -2.29. The van der Waals surface area contributed by atoms with Crippen molar-refractivity contribution in [1.29, 1.82) is 0 Å². The zero-order valence-electron chi connectivity index (χ0n) is 14.8. The van der Waals surface area contributed by atoms with Crippen LogP contribution in [0.15, 0.2) is 54.6 Å². The van der Waals surface area contributed by atoms with E-state index in [0.717, 1.165) is 43.1 Å². The molecule has 5 heteroatoms. The molecule has 1 atom stereocenters. The number of nitrogens with zero attached hydrogens (tertiary/aromatic N) is 1. The van der Waals surface area contributed by atoms with Crippen LogP contribution in [0.5, 0.6) is 0 Å². The number of anilines is 1. The van der Waals surface area contributed by atoms with Gasteiger partial charge in [-0.1, -0.05) is 24.3 Å². The molecule has 0 aromatic heterocycles. The summed E-state index contributed by atoms with van der Waals surface area (Å²) in [6.45, 7) is 5.20. The van der Waals surface area contributed by atoms with E-state index in [0.29, 0.717) is 0 Å². The minimum absolute atomic E-state index is 0.110. The largest absolute Gasteiger partial charge is 0.378 e. The van der Waals surface area contributed by atoms with E-state index in [1.54, 1.807) is 18.2 Å². The van der Waals surface area contributed by atoms with Crippen molar-refractivity contribution in [1.82, 2.24) is 5.32 Å². The fourth-order valence-corrected chi connectivity index (χ4v) is 2.90. The monoisotopic (exact) mass is 354 g/mol. The summed E-state index contributed by atoms with van der Waals surface area (Å²) in [6, 6.07) is 14.1. The highest BCUT2D eigenvalue weighted by Crippen LogP contribution is 2.21. The van der Waals surface area contributed by atoms with Gasteiger partial charge in [0.1, 0.15) is 5.82 Å². The summed E-state index contributed by atoms with van der Waals surface area (Å²) < 4.78 is 18.3. The quantitative estimate of drug-likeness (QED) is 0.835. The van der Waals surface area contributed by atoms with Crippen molar-refractivity contribution < 1.29 is 13.9 Å². The molecule has 4 nitrogen and oxygen atoms in total. The van der Waals surface area contributed by atoms with Gasteiger partial charge in [-0.2, -0.15) is 0 Å². The van der Waals surface area contributed by atoms with Crippen molar-refractivity contribution in [2.45, 2.75) is 13.0 Å². The van der Waals surface area contributed by atoms with Crippen molar-refractivity contribution in [3.63, 3.8) is 0 Å². The molecule has 0 saturated carbocycles. The molecule has 1 aliphatic rings. The van der Waals surface area contributed by atoms with Gasteiger partial charge in [-0.05, 0) is 48.4 Å². The van der Waals surface area contributed by atoms with E-state index in [-0.39, 0.29) is 17.8 Å². The summed E-state index contributed by atoms with van der Waals surface area (Å²) >= 11 is 0. The van der Waals surface area contributed by atoms with E-state index >= 15 is 0 Å². The molecule has 2 aromatic rings. The number of ether oxygens (including phenoxy) is 1. The number of carbonyl (C=O) groups is 1. The van der Waals surface area contributed by atoms with Crippen LogP contribution in [0.3, 0.4) is 0 Å². The van der Waals surface area contributed by atoms with Gasteiger partial charge in [-0.15, -0.1) is 0 Å². The van der Waals surface area contributed by atoms with Gasteiger partial charge < -0.3 is 15.0 Å². The van der Waals surface area contributed by atoms with Crippen LogP contribution in [0.2, 0.25) is 0 Å². The Hall–Kier alpha value is -2.66. The SMILES string of the molecule is CC(NC(=O)C=Cc1ccc(F)cc1)c1cccc(N2CCOCC2)c1. The maximum absolute atomic E-state index is 12.9. The lowest BCUT2D eigenvalue weighted by Crippen LogP contribution is -2.36. The van der Waals surface area contributed by atoms with Gasteiger partial charge in [0.25, 0.3) is 0 Å².